The highest BCUT2D eigenvalue weighted by molar-refractivity contribution is 6.33. The number of hydrogen-bond acceptors (Lipinski definition) is 4. The van der Waals surface area contributed by atoms with Gasteiger partial charge in [0.1, 0.15) is 5.75 Å². The molecule has 0 aliphatic heterocycles. The van der Waals surface area contributed by atoms with Crippen molar-refractivity contribution in [3.05, 3.63) is 41.7 Å². The van der Waals surface area contributed by atoms with E-state index >= 15 is 0 Å². The van der Waals surface area contributed by atoms with Crippen LogP contribution in [0.2, 0.25) is 5.02 Å². The summed E-state index contributed by atoms with van der Waals surface area (Å²) in [5, 5.41) is 9.09. The lowest BCUT2D eigenvalue weighted by Crippen LogP contribution is -2.00. The maximum Gasteiger partial charge on any atom is 0.569 e. The maximum atomic E-state index is 8.55. The molecule has 0 fully saturated rings. The van der Waals surface area contributed by atoms with Crippen molar-refractivity contribution < 1.29 is 9.68 Å². The maximum absolute atomic E-state index is 8.55. The normalized spacial score (nSPS) is 10.0. The van der Waals surface area contributed by atoms with Crippen LogP contribution in [0.15, 0.2) is 36.7 Å². The van der Waals surface area contributed by atoms with Gasteiger partial charge in [0.25, 0.3) is 0 Å². The summed E-state index contributed by atoms with van der Waals surface area (Å²) in [6.07, 6.45) is 3.14. The van der Waals surface area contributed by atoms with Gasteiger partial charge >= 0.3 is 7.69 Å². The third kappa shape index (κ3) is 2.69. The van der Waals surface area contributed by atoms with E-state index in [4.69, 9.17) is 27.0 Å². The Balaban J connectivity index is 2.42. The average molecular weight is 247 g/mol. The topological polar surface area (TPSA) is 68.4 Å². The van der Waals surface area contributed by atoms with Gasteiger partial charge in [-0.25, -0.2) is 0 Å². The highest BCUT2D eigenvalue weighted by atomic mass is 35.5. The van der Waals surface area contributed by atoms with Crippen molar-refractivity contribution in [2.75, 3.05) is 5.73 Å². The molecule has 6 heteroatoms. The number of pyridine rings is 1. The summed E-state index contributed by atoms with van der Waals surface area (Å²) in [5.74, 6) is 0.429. The lowest BCUT2D eigenvalue weighted by atomic mass is 10.1. The minimum absolute atomic E-state index is 0.429. The van der Waals surface area contributed by atoms with Crippen molar-refractivity contribution >= 4 is 25.0 Å². The number of nitrogens with two attached hydrogens (primary N) is 1. The second-order valence-corrected chi connectivity index (χ2v) is 3.78. The first-order valence-corrected chi connectivity index (χ1v) is 5.21. The molecule has 0 unspecified atom stereocenters. The molecule has 0 saturated carbocycles. The van der Waals surface area contributed by atoms with Crippen molar-refractivity contribution in [3.63, 3.8) is 0 Å². The summed E-state index contributed by atoms with van der Waals surface area (Å²) in [5.41, 5.74) is 7.81. The monoisotopic (exact) mass is 247 g/mol. The SMILES string of the molecule is Nc1ccc(-c2cncc(O[B]O)c2)c(Cl)c1. The van der Waals surface area contributed by atoms with E-state index in [-0.39, 0.29) is 0 Å². The summed E-state index contributed by atoms with van der Waals surface area (Å²) in [6, 6.07) is 6.95. The standard InChI is InChI=1S/C11H9BClN2O2/c13-11-4-8(14)1-2-10(11)7-3-9(17-12-16)6-15-5-7/h1-6,16H,14H2. The molecule has 1 aromatic heterocycles. The zero-order chi connectivity index (χ0) is 12.3. The van der Waals surface area contributed by atoms with Crippen LogP contribution in [0.5, 0.6) is 5.75 Å². The average Bonchev–Trinajstić information content (AvgIpc) is 2.29. The van der Waals surface area contributed by atoms with Gasteiger partial charge < -0.3 is 15.4 Å². The quantitative estimate of drug-likeness (QED) is 0.642. The second kappa shape index (κ2) is 5.08. The van der Waals surface area contributed by atoms with Gasteiger partial charge in [-0.1, -0.05) is 17.7 Å². The zero-order valence-electron chi connectivity index (χ0n) is 8.80. The molecule has 0 bridgehead atoms. The largest absolute Gasteiger partial charge is 0.569 e. The Morgan fingerprint density at radius 1 is 1.29 bits per heavy atom. The third-order valence-electron chi connectivity index (χ3n) is 2.21. The summed E-state index contributed by atoms with van der Waals surface area (Å²) in [4.78, 5) is 4.00. The molecule has 2 rings (SSSR count). The minimum Gasteiger partial charge on any atom is -0.536 e. The van der Waals surface area contributed by atoms with Gasteiger partial charge in [0.2, 0.25) is 0 Å². The molecule has 0 saturated heterocycles. The van der Waals surface area contributed by atoms with E-state index < -0.39 is 0 Å². The van der Waals surface area contributed by atoms with E-state index in [1.165, 1.54) is 6.20 Å². The van der Waals surface area contributed by atoms with Gasteiger partial charge in [0.15, 0.2) is 0 Å². The van der Waals surface area contributed by atoms with E-state index in [0.717, 1.165) is 11.1 Å². The van der Waals surface area contributed by atoms with Crippen LogP contribution < -0.4 is 10.4 Å². The van der Waals surface area contributed by atoms with Crippen molar-refractivity contribution in [3.8, 4) is 16.9 Å². The van der Waals surface area contributed by atoms with E-state index in [1.807, 2.05) is 0 Å². The molecule has 0 aliphatic rings. The first-order chi connectivity index (χ1) is 8.20. The van der Waals surface area contributed by atoms with E-state index in [0.29, 0.717) is 24.1 Å². The van der Waals surface area contributed by atoms with Gasteiger partial charge in [-0.05, 0) is 18.2 Å². The molecular formula is C11H9BClN2O2. The van der Waals surface area contributed by atoms with E-state index in [2.05, 4.69) is 4.98 Å². The smallest absolute Gasteiger partial charge is 0.536 e. The Hall–Kier alpha value is -1.72. The van der Waals surface area contributed by atoms with Gasteiger partial charge in [-0.15, -0.1) is 0 Å². The molecule has 2 aromatic rings. The number of hydrogen-bond donors (Lipinski definition) is 2. The first-order valence-electron chi connectivity index (χ1n) is 4.83. The summed E-state index contributed by atoms with van der Waals surface area (Å²) in [7, 11) is 0.603. The number of aromatic nitrogens is 1. The Morgan fingerprint density at radius 3 is 2.82 bits per heavy atom. The Labute approximate surface area is 104 Å². The van der Waals surface area contributed by atoms with E-state index in [1.54, 1.807) is 30.5 Å². The summed E-state index contributed by atoms with van der Waals surface area (Å²) in [6.45, 7) is 0. The highest BCUT2D eigenvalue weighted by Crippen LogP contribution is 2.30. The molecule has 1 heterocycles. The van der Waals surface area contributed by atoms with E-state index in [9.17, 15) is 0 Å². The Kier molecular flexibility index (Phi) is 3.51. The van der Waals surface area contributed by atoms with Crippen molar-refractivity contribution in [1.82, 2.24) is 4.98 Å². The predicted octanol–water partition coefficient (Wildman–Crippen LogP) is 1.89. The Morgan fingerprint density at radius 2 is 2.12 bits per heavy atom. The molecule has 3 N–H and O–H groups in total. The molecule has 0 spiro atoms. The number of benzene rings is 1. The van der Waals surface area contributed by atoms with Crippen molar-refractivity contribution in [2.45, 2.75) is 0 Å². The van der Waals surface area contributed by atoms with Crippen molar-refractivity contribution in [1.29, 1.82) is 0 Å². The van der Waals surface area contributed by atoms with Crippen LogP contribution in [0.25, 0.3) is 11.1 Å². The minimum atomic E-state index is 0.429. The van der Waals surface area contributed by atoms with Crippen LogP contribution in [-0.4, -0.2) is 17.7 Å². The van der Waals surface area contributed by atoms with Crippen LogP contribution in [0.1, 0.15) is 0 Å². The molecule has 1 radical (unpaired) electrons. The van der Waals surface area contributed by atoms with Crippen molar-refractivity contribution in [2.24, 2.45) is 0 Å². The fourth-order valence-electron chi connectivity index (χ4n) is 1.46. The molecule has 1 aromatic carbocycles. The van der Waals surface area contributed by atoms with Crippen LogP contribution in [0.4, 0.5) is 5.69 Å². The summed E-state index contributed by atoms with van der Waals surface area (Å²) >= 11 is 6.09. The lowest BCUT2D eigenvalue weighted by molar-refractivity contribution is 0.453. The highest BCUT2D eigenvalue weighted by Gasteiger charge is 2.06. The number of nitrogens with zero attached hydrogens (tertiary/aromatic N) is 1. The van der Waals surface area contributed by atoms with Gasteiger partial charge in [0, 0.05) is 23.0 Å². The molecule has 85 valence electrons. The molecule has 17 heavy (non-hydrogen) atoms. The van der Waals surface area contributed by atoms with Crippen LogP contribution >= 0.6 is 11.6 Å². The number of anilines is 1. The van der Waals surface area contributed by atoms with Gasteiger partial charge in [0.05, 0.1) is 11.2 Å². The lowest BCUT2D eigenvalue weighted by Gasteiger charge is -2.07. The van der Waals surface area contributed by atoms with Crippen LogP contribution in [-0.2, 0) is 0 Å². The number of halogens is 1. The predicted molar refractivity (Wildman–Crippen MR) is 67.7 cm³/mol. The van der Waals surface area contributed by atoms with Crippen LogP contribution in [0, 0.1) is 0 Å². The fraction of sp³-hybridized carbons (Fsp3) is 0. The molecule has 0 atom stereocenters. The number of nitrogen functional groups attached to an aromatic ring is 1. The molecule has 0 amide bonds. The van der Waals surface area contributed by atoms with Gasteiger partial charge in [-0.2, -0.15) is 0 Å². The van der Waals surface area contributed by atoms with Gasteiger partial charge in [-0.3, -0.25) is 4.98 Å². The Bertz CT molecular complexity index is 537. The third-order valence-corrected chi connectivity index (χ3v) is 2.52. The molecule has 4 nitrogen and oxygen atoms in total. The molecule has 0 aliphatic carbocycles. The fourth-order valence-corrected chi connectivity index (χ4v) is 1.75. The first kappa shape index (κ1) is 11.8. The second-order valence-electron chi connectivity index (χ2n) is 3.37. The summed E-state index contributed by atoms with van der Waals surface area (Å²) < 4.78 is 4.83. The van der Waals surface area contributed by atoms with Crippen LogP contribution in [0.3, 0.4) is 0 Å². The zero-order valence-corrected chi connectivity index (χ0v) is 9.56. The number of rotatable bonds is 3. The molecular weight excluding hydrogens is 238 g/mol.